The third-order valence-electron chi connectivity index (χ3n) is 2.54. The normalized spacial score (nSPS) is 12.2. The van der Waals surface area contributed by atoms with E-state index >= 15 is 0 Å². The van der Waals surface area contributed by atoms with Crippen molar-refractivity contribution in [2.45, 2.75) is 32.7 Å². The van der Waals surface area contributed by atoms with Gasteiger partial charge in [0, 0.05) is 32.7 Å². The van der Waals surface area contributed by atoms with Crippen LogP contribution in [-0.4, -0.2) is 50.2 Å². The first-order valence-electron chi connectivity index (χ1n) is 6.01. The van der Waals surface area contributed by atoms with Gasteiger partial charge in [0.05, 0.1) is 19.2 Å². The summed E-state index contributed by atoms with van der Waals surface area (Å²) in [5, 5.41) is 11.5. The maximum absolute atomic E-state index is 11.7. The van der Waals surface area contributed by atoms with Crippen LogP contribution in [-0.2, 0) is 9.53 Å². The number of rotatable bonds is 9. The minimum Gasteiger partial charge on any atom is -0.383 e. The lowest BCUT2D eigenvalue weighted by Crippen LogP contribution is -2.42. The molecule has 0 aromatic carbocycles. The van der Waals surface area contributed by atoms with Crippen LogP contribution in [0.25, 0.3) is 0 Å². The third kappa shape index (κ3) is 8.66. The van der Waals surface area contributed by atoms with Crippen LogP contribution in [0.4, 0.5) is 0 Å². The maximum atomic E-state index is 11.7. The zero-order valence-electron chi connectivity index (χ0n) is 11.0. The van der Waals surface area contributed by atoms with E-state index in [4.69, 9.17) is 10.00 Å². The molecule has 1 N–H and O–H groups in total. The van der Waals surface area contributed by atoms with Crippen LogP contribution in [0.2, 0.25) is 0 Å². The van der Waals surface area contributed by atoms with Crippen molar-refractivity contribution in [2.75, 3.05) is 33.4 Å². The Hall–Kier alpha value is -1.12. The Kier molecular flexibility index (Phi) is 9.40. The topological polar surface area (TPSA) is 65.4 Å². The van der Waals surface area contributed by atoms with Gasteiger partial charge in [0.25, 0.3) is 0 Å². The van der Waals surface area contributed by atoms with Gasteiger partial charge < -0.3 is 10.1 Å². The molecule has 5 nitrogen and oxygen atoms in total. The molecule has 0 aromatic heterocycles. The summed E-state index contributed by atoms with van der Waals surface area (Å²) in [6.07, 6.45) is 1.35. The molecule has 0 spiro atoms. The Bertz CT molecular complexity index is 251. The summed E-state index contributed by atoms with van der Waals surface area (Å²) in [6, 6.07) is 2.28. The Labute approximate surface area is 104 Å². The summed E-state index contributed by atoms with van der Waals surface area (Å²) in [7, 11) is 1.63. The fourth-order valence-corrected chi connectivity index (χ4v) is 1.32. The van der Waals surface area contributed by atoms with Gasteiger partial charge in [-0.3, -0.25) is 9.69 Å². The lowest BCUT2D eigenvalue weighted by Gasteiger charge is -2.21. The van der Waals surface area contributed by atoms with Gasteiger partial charge in [-0.15, -0.1) is 0 Å². The molecule has 0 aliphatic heterocycles. The third-order valence-corrected chi connectivity index (χ3v) is 2.54. The first kappa shape index (κ1) is 15.9. The van der Waals surface area contributed by atoms with Crippen LogP contribution in [0, 0.1) is 11.3 Å². The summed E-state index contributed by atoms with van der Waals surface area (Å²) in [5.41, 5.74) is 0. The fourth-order valence-electron chi connectivity index (χ4n) is 1.32. The van der Waals surface area contributed by atoms with Gasteiger partial charge in [-0.25, -0.2) is 0 Å². The van der Waals surface area contributed by atoms with Crippen LogP contribution in [0.5, 0.6) is 0 Å². The highest BCUT2D eigenvalue weighted by Crippen LogP contribution is 1.93. The highest BCUT2D eigenvalue weighted by molar-refractivity contribution is 5.78. The van der Waals surface area contributed by atoms with Crippen LogP contribution in [0.1, 0.15) is 26.7 Å². The van der Waals surface area contributed by atoms with E-state index in [9.17, 15) is 4.79 Å². The van der Waals surface area contributed by atoms with Gasteiger partial charge in [-0.1, -0.05) is 6.92 Å². The molecular weight excluding hydrogens is 218 g/mol. The Morgan fingerprint density at radius 3 is 2.76 bits per heavy atom. The summed E-state index contributed by atoms with van der Waals surface area (Å²) in [4.78, 5) is 13.6. The number of carbonyl (C=O) groups excluding carboxylic acids is 1. The Morgan fingerprint density at radius 1 is 1.53 bits per heavy atom. The summed E-state index contributed by atoms with van der Waals surface area (Å²) >= 11 is 0. The Morgan fingerprint density at radius 2 is 2.24 bits per heavy atom. The van der Waals surface area contributed by atoms with Gasteiger partial charge in [0.2, 0.25) is 5.91 Å². The molecule has 0 aliphatic carbocycles. The van der Waals surface area contributed by atoms with E-state index in [1.807, 2.05) is 18.7 Å². The lowest BCUT2D eigenvalue weighted by molar-refractivity contribution is -0.123. The van der Waals surface area contributed by atoms with E-state index in [-0.39, 0.29) is 11.9 Å². The van der Waals surface area contributed by atoms with Gasteiger partial charge >= 0.3 is 0 Å². The van der Waals surface area contributed by atoms with Crippen LogP contribution < -0.4 is 5.32 Å². The summed E-state index contributed by atoms with van der Waals surface area (Å²) in [5.74, 6) is 0.00777. The van der Waals surface area contributed by atoms with Crippen molar-refractivity contribution in [3.63, 3.8) is 0 Å². The molecule has 0 heterocycles. The highest BCUT2D eigenvalue weighted by Gasteiger charge is 2.11. The van der Waals surface area contributed by atoms with E-state index in [1.54, 1.807) is 7.11 Å². The second-order valence-electron chi connectivity index (χ2n) is 4.05. The minimum atomic E-state index is 0.00777. The number of ether oxygens (including phenoxy) is 1. The van der Waals surface area contributed by atoms with Crippen molar-refractivity contribution in [3.8, 4) is 6.07 Å². The number of nitriles is 1. The van der Waals surface area contributed by atoms with Crippen LogP contribution in [0.3, 0.4) is 0 Å². The number of hydrogen-bond donors (Lipinski definition) is 1. The van der Waals surface area contributed by atoms with Crippen LogP contribution >= 0.6 is 0 Å². The van der Waals surface area contributed by atoms with E-state index in [0.717, 1.165) is 6.42 Å². The first-order chi connectivity index (χ1) is 8.13. The number of hydrogen-bond acceptors (Lipinski definition) is 4. The molecule has 0 saturated heterocycles. The first-order valence-corrected chi connectivity index (χ1v) is 6.01. The highest BCUT2D eigenvalue weighted by atomic mass is 16.5. The van der Waals surface area contributed by atoms with E-state index in [2.05, 4.69) is 11.4 Å². The van der Waals surface area contributed by atoms with Crippen molar-refractivity contribution in [1.82, 2.24) is 10.2 Å². The lowest BCUT2D eigenvalue weighted by atomic mass is 10.2. The monoisotopic (exact) mass is 241 g/mol. The molecule has 1 amide bonds. The number of methoxy groups -OCH3 is 1. The summed E-state index contributed by atoms with van der Waals surface area (Å²) < 4.78 is 4.98. The molecule has 0 aromatic rings. The number of nitrogens with one attached hydrogen (secondary N) is 1. The van der Waals surface area contributed by atoms with E-state index < -0.39 is 0 Å². The Balaban J connectivity index is 4.03. The van der Waals surface area contributed by atoms with Crippen molar-refractivity contribution < 1.29 is 9.53 Å². The zero-order chi connectivity index (χ0) is 13.1. The number of carbonyl (C=O) groups is 1. The fraction of sp³-hybridized carbons (Fsp3) is 0.833. The van der Waals surface area contributed by atoms with Gasteiger partial charge in [-0.05, 0) is 13.3 Å². The van der Waals surface area contributed by atoms with E-state index in [0.29, 0.717) is 32.7 Å². The molecule has 17 heavy (non-hydrogen) atoms. The average molecular weight is 241 g/mol. The van der Waals surface area contributed by atoms with Crippen molar-refractivity contribution in [3.05, 3.63) is 0 Å². The smallest absolute Gasteiger partial charge is 0.234 e. The van der Waals surface area contributed by atoms with Gasteiger partial charge in [-0.2, -0.15) is 5.26 Å². The SMILES string of the molecule is CCC(C)NC(=O)CN(CCC#N)CCOC. The quantitative estimate of drug-likeness (QED) is 0.647. The minimum absolute atomic E-state index is 0.00777. The predicted octanol–water partition coefficient (Wildman–Crippen LogP) is 0.763. The molecule has 5 heteroatoms. The zero-order valence-corrected chi connectivity index (χ0v) is 11.0. The maximum Gasteiger partial charge on any atom is 0.234 e. The van der Waals surface area contributed by atoms with Crippen molar-refractivity contribution >= 4 is 5.91 Å². The van der Waals surface area contributed by atoms with Gasteiger partial charge in [0.1, 0.15) is 0 Å². The molecule has 1 atom stereocenters. The molecule has 98 valence electrons. The molecule has 0 aliphatic rings. The molecule has 0 bridgehead atoms. The number of nitrogens with zero attached hydrogens (tertiary/aromatic N) is 2. The van der Waals surface area contributed by atoms with E-state index in [1.165, 1.54) is 0 Å². The standard InChI is InChI=1S/C12H23N3O2/c1-4-11(2)14-12(16)10-15(7-5-6-13)8-9-17-3/h11H,4-5,7-10H2,1-3H3,(H,14,16). The molecule has 0 fully saturated rings. The second kappa shape index (κ2) is 10.1. The van der Waals surface area contributed by atoms with Crippen molar-refractivity contribution in [2.24, 2.45) is 0 Å². The molecule has 0 rings (SSSR count). The second-order valence-corrected chi connectivity index (χ2v) is 4.05. The van der Waals surface area contributed by atoms with Crippen molar-refractivity contribution in [1.29, 1.82) is 5.26 Å². The summed E-state index contributed by atoms with van der Waals surface area (Å²) in [6.45, 7) is 6.19. The molecular formula is C12H23N3O2. The largest absolute Gasteiger partial charge is 0.383 e. The average Bonchev–Trinajstić information content (AvgIpc) is 2.32. The predicted molar refractivity (Wildman–Crippen MR) is 66.4 cm³/mol. The molecule has 0 radical (unpaired) electrons. The van der Waals surface area contributed by atoms with Gasteiger partial charge in [0.15, 0.2) is 0 Å². The van der Waals surface area contributed by atoms with Crippen LogP contribution in [0.15, 0.2) is 0 Å². The number of amides is 1. The molecule has 1 unspecified atom stereocenters. The molecule has 0 saturated carbocycles.